The van der Waals surface area contributed by atoms with Gasteiger partial charge < -0.3 is 23.7 Å². The summed E-state index contributed by atoms with van der Waals surface area (Å²) >= 11 is 0. The zero-order valence-corrected chi connectivity index (χ0v) is 32.8. The van der Waals surface area contributed by atoms with E-state index in [1.165, 1.54) is 22.7 Å². The smallest absolute Gasteiger partial charge is 0.425 e. The molecule has 62 heavy (non-hydrogen) atoms. The first-order chi connectivity index (χ1) is 30.2. The van der Waals surface area contributed by atoms with E-state index in [9.17, 15) is 24.0 Å². The van der Waals surface area contributed by atoms with E-state index >= 15 is 0 Å². The van der Waals surface area contributed by atoms with E-state index in [0.717, 1.165) is 0 Å². The summed E-state index contributed by atoms with van der Waals surface area (Å²) in [4.78, 5) is 81.9. The quantitative estimate of drug-likeness (QED) is 0.0732. The molecule has 8 rings (SSSR count). The molecule has 16 heteroatoms. The molecule has 0 aliphatic carbocycles. The fraction of sp³-hybridized carbons (Fsp3) is 0.130. The van der Waals surface area contributed by atoms with E-state index < -0.39 is 61.1 Å². The summed E-state index contributed by atoms with van der Waals surface area (Å²) in [5.41, 5.74) is 1.50. The monoisotopic (exact) mass is 833 g/mol. The van der Waals surface area contributed by atoms with Crippen molar-refractivity contribution in [2.75, 3.05) is 16.8 Å². The van der Waals surface area contributed by atoms with Crippen LogP contribution in [0.4, 0.5) is 22.1 Å². The predicted molar refractivity (Wildman–Crippen MR) is 223 cm³/mol. The number of benzene rings is 5. The van der Waals surface area contributed by atoms with Crippen LogP contribution in [-0.4, -0.2) is 74.3 Å². The summed E-state index contributed by atoms with van der Waals surface area (Å²) in [5, 5.41) is 2.53. The molecule has 7 aromatic rings. The van der Waals surface area contributed by atoms with Gasteiger partial charge in [0.1, 0.15) is 12.7 Å². The maximum atomic E-state index is 14.1. The number of hydrogen-bond donors (Lipinski definition) is 1. The number of carbonyl (C=O) groups is 5. The number of imidazole rings is 1. The average Bonchev–Trinajstić information content (AvgIpc) is 3.87. The number of fused-ring (bicyclic) bond motifs is 1. The third kappa shape index (κ3) is 9.00. The lowest BCUT2D eigenvalue weighted by atomic mass is 10.1. The second kappa shape index (κ2) is 18.4. The maximum Gasteiger partial charge on any atom is 0.425 e. The van der Waals surface area contributed by atoms with Gasteiger partial charge in [0.05, 0.1) is 34.4 Å². The minimum atomic E-state index is -1.44. The van der Waals surface area contributed by atoms with Gasteiger partial charge in [-0.3, -0.25) is 14.7 Å². The lowest BCUT2D eigenvalue weighted by molar-refractivity contribution is -0.114. The highest BCUT2D eigenvalue weighted by Crippen LogP contribution is 2.38. The summed E-state index contributed by atoms with van der Waals surface area (Å²) in [5.74, 6) is -3.39. The van der Waals surface area contributed by atoms with E-state index in [4.69, 9.17) is 23.7 Å². The Morgan fingerprint density at radius 2 is 1.13 bits per heavy atom. The van der Waals surface area contributed by atoms with Crippen molar-refractivity contribution in [2.45, 2.75) is 31.5 Å². The van der Waals surface area contributed by atoms with Crippen molar-refractivity contribution in [3.05, 3.63) is 175 Å². The van der Waals surface area contributed by atoms with E-state index in [1.807, 2.05) is 0 Å². The lowest BCUT2D eigenvalue weighted by Gasteiger charge is -2.25. The molecule has 1 aliphatic heterocycles. The molecule has 310 valence electrons. The minimum Gasteiger partial charge on any atom is -0.459 e. The van der Waals surface area contributed by atoms with Gasteiger partial charge in [-0.15, -0.1) is 0 Å². The molecule has 0 saturated carbocycles. The number of nitrogens with one attached hydrogen (secondary N) is 1. The van der Waals surface area contributed by atoms with Gasteiger partial charge in [-0.25, -0.2) is 29.1 Å². The number of hydrogen-bond acceptors (Lipinski definition) is 13. The van der Waals surface area contributed by atoms with Gasteiger partial charge >= 0.3 is 24.0 Å². The maximum absolute atomic E-state index is 14.1. The van der Waals surface area contributed by atoms with Crippen LogP contribution in [0.15, 0.2) is 158 Å². The highest BCUT2D eigenvalue weighted by atomic mass is 16.7. The molecule has 1 saturated heterocycles. The number of amides is 2. The van der Waals surface area contributed by atoms with E-state index in [0.29, 0.717) is 11.4 Å². The van der Waals surface area contributed by atoms with Crippen molar-refractivity contribution in [3.8, 4) is 5.88 Å². The first-order valence-corrected chi connectivity index (χ1v) is 19.3. The number of para-hydroxylation sites is 2. The molecule has 1 N–H and O–H groups in total. The average molecular weight is 834 g/mol. The van der Waals surface area contributed by atoms with E-state index in [2.05, 4.69) is 20.3 Å². The molecule has 3 heterocycles. The van der Waals surface area contributed by atoms with Crippen LogP contribution in [0.5, 0.6) is 5.88 Å². The van der Waals surface area contributed by atoms with Gasteiger partial charge in [-0.05, 0) is 60.7 Å². The Bertz CT molecular complexity index is 2670. The highest BCUT2D eigenvalue weighted by Gasteiger charge is 2.52. The molecule has 0 radical (unpaired) electrons. The molecule has 4 atom stereocenters. The lowest BCUT2D eigenvalue weighted by Crippen LogP contribution is -2.41. The Labute approximate surface area is 353 Å². The van der Waals surface area contributed by atoms with Gasteiger partial charge in [-0.2, -0.15) is 9.97 Å². The number of esters is 3. The standard InChI is InChI=1S/C46H36N6O10/c1-29(53)48-45-49-39-36(40(50-45)62-46(57)52(33-23-13-5-14-24-33)34-25-15-6-16-26-34)47-28-51(39)41-38(61-44(56)32-21-11-4-12-22-32)37(60-43(55)31-19-9-3-10-20-31)35(59-41)27-58-42(54)30-17-7-2-8-18-30/h2-26,28,35,37-38,41H,27H2,1H3,(H,48,49,50,53)/t35-,37-,38-,41-/m1/s1/i27+1. The zero-order chi connectivity index (χ0) is 43.0. The van der Waals surface area contributed by atoms with Gasteiger partial charge in [0.15, 0.2) is 29.6 Å². The van der Waals surface area contributed by atoms with Crippen molar-refractivity contribution >= 4 is 58.4 Å². The molecule has 2 amide bonds. The van der Waals surface area contributed by atoms with Crippen molar-refractivity contribution in [3.63, 3.8) is 0 Å². The number of aromatic nitrogens is 4. The molecule has 5 aromatic carbocycles. The topological polar surface area (TPSA) is 190 Å². The van der Waals surface area contributed by atoms with Crippen molar-refractivity contribution in [1.29, 1.82) is 0 Å². The second-order valence-corrected chi connectivity index (χ2v) is 13.7. The number of nitrogens with zero attached hydrogens (tertiary/aromatic N) is 5. The molecular weight excluding hydrogens is 798 g/mol. The van der Waals surface area contributed by atoms with Crippen LogP contribution in [0, 0.1) is 0 Å². The molecule has 0 unspecified atom stereocenters. The van der Waals surface area contributed by atoms with E-state index in [1.54, 1.807) is 152 Å². The summed E-state index contributed by atoms with van der Waals surface area (Å²) in [6.07, 6.45) is -5.03. The first-order valence-electron chi connectivity index (χ1n) is 19.3. The predicted octanol–water partition coefficient (Wildman–Crippen LogP) is 7.33. The third-order valence-electron chi connectivity index (χ3n) is 9.53. The van der Waals surface area contributed by atoms with Crippen LogP contribution in [0.3, 0.4) is 0 Å². The van der Waals surface area contributed by atoms with Crippen LogP contribution in [0.2, 0.25) is 0 Å². The number of anilines is 3. The molecule has 0 spiro atoms. The van der Waals surface area contributed by atoms with Crippen molar-refractivity contribution in [1.82, 2.24) is 19.5 Å². The normalized spacial score (nSPS) is 16.8. The summed E-state index contributed by atoms with van der Waals surface area (Å²) in [6.45, 7) is 0.794. The van der Waals surface area contributed by atoms with Crippen molar-refractivity contribution < 1.29 is 47.7 Å². The first kappa shape index (κ1) is 40.5. The molecule has 0 bridgehead atoms. The fourth-order valence-electron chi connectivity index (χ4n) is 6.68. The van der Waals surface area contributed by atoms with Crippen LogP contribution >= 0.6 is 0 Å². The Morgan fingerprint density at radius 3 is 1.65 bits per heavy atom. The largest absolute Gasteiger partial charge is 0.459 e. The highest BCUT2D eigenvalue weighted by molar-refractivity contribution is 5.98. The van der Waals surface area contributed by atoms with Gasteiger partial charge in [0.25, 0.3) is 5.88 Å². The Hall–Kier alpha value is -8.24. The zero-order valence-electron chi connectivity index (χ0n) is 32.8. The van der Waals surface area contributed by atoms with Crippen LogP contribution in [0.1, 0.15) is 44.2 Å². The summed E-state index contributed by atoms with van der Waals surface area (Å²) in [6, 6.07) is 42.1. The van der Waals surface area contributed by atoms with Crippen LogP contribution in [-0.2, 0) is 23.7 Å². The summed E-state index contributed by atoms with van der Waals surface area (Å²) < 4.78 is 31.7. The molecule has 1 aliphatic rings. The molecule has 2 aromatic heterocycles. The van der Waals surface area contributed by atoms with Crippen LogP contribution in [0.25, 0.3) is 11.2 Å². The SMILES string of the molecule is CC(=O)Nc1nc(OC(=O)N(c2ccccc2)c2ccccc2)c2ncn([C@@H]3O[C@H]([13CH2]OC(=O)c4ccccc4)[C@@H](OC(=O)c4ccccc4)[C@H]3OC(=O)c3ccccc3)c2n1. The number of rotatable bonds is 12. The molecular formula is C46H36N6O10. The number of carbonyl (C=O) groups excluding carboxylic acids is 5. The van der Waals surface area contributed by atoms with E-state index in [-0.39, 0.29) is 39.7 Å². The minimum absolute atomic E-state index is 0.0432. The fourth-order valence-corrected chi connectivity index (χ4v) is 6.68. The Kier molecular flexibility index (Phi) is 12.0. The van der Waals surface area contributed by atoms with Crippen molar-refractivity contribution in [2.24, 2.45) is 0 Å². The molecule has 16 nitrogen and oxygen atoms in total. The second-order valence-electron chi connectivity index (χ2n) is 13.7. The van der Waals surface area contributed by atoms with Gasteiger partial charge in [-0.1, -0.05) is 91.0 Å². The Balaban J connectivity index is 1.21. The number of ether oxygens (including phenoxy) is 5. The molecule has 1 fully saturated rings. The van der Waals surface area contributed by atoms with Crippen LogP contribution < -0.4 is 15.0 Å². The van der Waals surface area contributed by atoms with Gasteiger partial charge in [0, 0.05) is 6.92 Å². The summed E-state index contributed by atoms with van der Waals surface area (Å²) in [7, 11) is 0. The van der Waals surface area contributed by atoms with Gasteiger partial charge in [0.2, 0.25) is 11.9 Å². The Morgan fingerprint density at radius 1 is 0.645 bits per heavy atom. The third-order valence-corrected chi connectivity index (χ3v) is 9.53.